The highest BCUT2D eigenvalue weighted by atomic mass is 19.4. The SMILES string of the molecule is CNC1(C(=O)O)CCCC(OCCC(F)(F)F)C1. The molecule has 106 valence electrons. The third-order valence-electron chi connectivity index (χ3n) is 3.33. The summed E-state index contributed by atoms with van der Waals surface area (Å²) < 4.78 is 41.1. The minimum Gasteiger partial charge on any atom is -0.480 e. The molecule has 2 atom stereocenters. The summed E-state index contributed by atoms with van der Waals surface area (Å²) in [6.07, 6.45) is -3.75. The van der Waals surface area contributed by atoms with Crippen LogP contribution in [-0.4, -0.2) is 42.5 Å². The Hall–Kier alpha value is -0.820. The zero-order chi connectivity index (χ0) is 13.8. The van der Waals surface area contributed by atoms with Crippen molar-refractivity contribution < 1.29 is 27.8 Å². The van der Waals surface area contributed by atoms with Gasteiger partial charge in [-0.05, 0) is 26.3 Å². The predicted molar refractivity (Wildman–Crippen MR) is 58.3 cm³/mol. The van der Waals surface area contributed by atoms with E-state index in [1.165, 1.54) is 0 Å². The van der Waals surface area contributed by atoms with Crippen LogP contribution in [0.15, 0.2) is 0 Å². The zero-order valence-corrected chi connectivity index (χ0v) is 10.2. The van der Waals surface area contributed by atoms with Crippen molar-refractivity contribution in [1.82, 2.24) is 5.32 Å². The van der Waals surface area contributed by atoms with Crippen LogP contribution in [-0.2, 0) is 9.53 Å². The van der Waals surface area contributed by atoms with Crippen LogP contribution in [0.25, 0.3) is 0 Å². The normalized spacial score (nSPS) is 29.2. The molecule has 1 aliphatic carbocycles. The number of alkyl halides is 3. The molecule has 18 heavy (non-hydrogen) atoms. The number of nitrogens with one attached hydrogen (secondary N) is 1. The number of carboxylic acid groups (broad SMARTS) is 1. The highest BCUT2D eigenvalue weighted by Gasteiger charge is 2.42. The minimum atomic E-state index is -4.23. The number of ether oxygens (including phenoxy) is 1. The Morgan fingerprint density at radius 1 is 1.56 bits per heavy atom. The maximum absolute atomic E-state index is 12.0. The number of hydrogen-bond donors (Lipinski definition) is 2. The summed E-state index contributed by atoms with van der Waals surface area (Å²) in [7, 11) is 1.55. The second-order valence-electron chi connectivity index (χ2n) is 4.59. The van der Waals surface area contributed by atoms with Crippen molar-refractivity contribution in [2.45, 2.75) is 49.9 Å². The van der Waals surface area contributed by atoms with E-state index < -0.39 is 36.8 Å². The predicted octanol–water partition coefficient (Wildman–Crippen LogP) is 1.94. The average Bonchev–Trinajstić information content (AvgIpc) is 2.27. The van der Waals surface area contributed by atoms with Gasteiger partial charge in [-0.15, -0.1) is 0 Å². The number of aliphatic carboxylic acids is 1. The molecule has 4 nitrogen and oxygen atoms in total. The molecule has 7 heteroatoms. The van der Waals surface area contributed by atoms with E-state index >= 15 is 0 Å². The molecule has 0 radical (unpaired) electrons. The Morgan fingerprint density at radius 2 is 2.22 bits per heavy atom. The summed E-state index contributed by atoms with van der Waals surface area (Å²) in [4.78, 5) is 11.2. The quantitative estimate of drug-likeness (QED) is 0.800. The lowest BCUT2D eigenvalue weighted by molar-refractivity contribution is -0.157. The van der Waals surface area contributed by atoms with E-state index in [2.05, 4.69) is 5.32 Å². The Bertz CT molecular complexity index is 296. The van der Waals surface area contributed by atoms with Crippen molar-refractivity contribution in [3.05, 3.63) is 0 Å². The molecule has 0 bridgehead atoms. The van der Waals surface area contributed by atoms with Crippen LogP contribution in [0.2, 0.25) is 0 Å². The molecule has 1 saturated carbocycles. The highest BCUT2D eigenvalue weighted by molar-refractivity contribution is 5.79. The van der Waals surface area contributed by atoms with Gasteiger partial charge in [0, 0.05) is 6.42 Å². The number of hydrogen-bond acceptors (Lipinski definition) is 3. The molecular weight excluding hydrogens is 251 g/mol. The van der Waals surface area contributed by atoms with Crippen molar-refractivity contribution >= 4 is 5.97 Å². The van der Waals surface area contributed by atoms with Gasteiger partial charge >= 0.3 is 12.1 Å². The summed E-state index contributed by atoms with van der Waals surface area (Å²) >= 11 is 0. The molecule has 1 fully saturated rings. The van der Waals surface area contributed by atoms with Crippen LogP contribution < -0.4 is 5.32 Å². The number of carboxylic acids is 1. The average molecular weight is 269 g/mol. The fourth-order valence-electron chi connectivity index (χ4n) is 2.24. The van der Waals surface area contributed by atoms with Gasteiger partial charge in [-0.1, -0.05) is 0 Å². The van der Waals surface area contributed by atoms with E-state index in [4.69, 9.17) is 9.84 Å². The molecule has 2 N–H and O–H groups in total. The first-order chi connectivity index (χ1) is 8.29. The van der Waals surface area contributed by atoms with E-state index in [0.29, 0.717) is 19.3 Å². The smallest absolute Gasteiger partial charge is 0.391 e. The monoisotopic (exact) mass is 269 g/mol. The molecule has 0 aromatic carbocycles. The second-order valence-corrected chi connectivity index (χ2v) is 4.59. The third-order valence-corrected chi connectivity index (χ3v) is 3.33. The van der Waals surface area contributed by atoms with Crippen LogP contribution in [0.4, 0.5) is 13.2 Å². The molecule has 0 aliphatic heterocycles. The van der Waals surface area contributed by atoms with Gasteiger partial charge in [-0.3, -0.25) is 4.79 Å². The summed E-state index contributed by atoms with van der Waals surface area (Å²) in [6, 6.07) is 0. The lowest BCUT2D eigenvalue weighted by Gasteiger charge is -2.37. The number of carbonyl (C=O) groups is 1. The van der Waals surface area contributed by atoms with Crippen molar-refractivity contribution in [1.29, 1.82) is 0 Å². The lowest BCUT2D eigenvalue weighted by Crippen LogP contribution is -2.54. The summed E-state index contributed by atoms with van der Waals surface area (Å²) in [5.41, 5.74) is -1.07. The number of likely N-dealkylation sites (N-methyl/N-ethyl adjacent to an activating group) is 1. The zero-order valence-electron chi connectivity index (χ0n) is 10.2. The molecular formula is C11H18F3NO3. The first kappa shape index (κ1) is 15.2. The molecule has 0 heterocycles. The lowest BCUT2D eigenvalue weighted by atomic mass is 9.80. The van der Waals surface area contributed by atoms with Gasteiger partial charge in [0.05, 0.1) is 19.1 Å². The highest BCUT2D eigenvalue weighted by Crippen LogP contribution is 2.31. The maximum Gasteiger partial charge on any atom is 0.391 e. The van der Waals surface area contributed by atoms with Crippen LogP contribution in [0, 0.1) is 0 Å². The number of rotatable bonds is 5. The van der Waals surface area contributed by atoms with Crippen LogP contribution in [0.5, 0.6) is 0 Å². The van der Waals surface area contributed by atoms with Gasteiger partial charge in [0.25, 0.3) is 0 Å². The van der Waals surface area contributed by atoms with Gasteiger partial charge < -0.3 is 15.2 Å². The molecule has 0 spiro atoms. The summed E-state index contributed by atoms with van der Waals surface area (Å²) in [5, 5.41) is 11.9. The van der Waals surface area contributed by atoms with E-state index in [0.717, 1.165) is 0 Å². The van der Waals surface area contributed by atoms with Gasteiger partial charge in [0.1, 0.15) is 5.54 Å². The van der Waals surface area contributed by atoms with Gasteiger partial charge in [0.2, 0.25) is 0 Å². The fraction of sp³-hybridized carbons (Fsp3) is 0.909. The molecule has 0 aromatic rings. The minimum absolute atomic E-state index is 0.205. The standard InChI is InChI=1S/C11H18F3NO3/c1-15-10(9(16)17)4-2-3-8(7-10)18-6-5-11(12,13)14/h8,15H,2-7H2,1H3,(H,16,17). The molecule has 2 unspecified atom stereocenters. The Kier molecular flexibility index (Phi) is 4.98. The molecule has 1 aliphatic rings. The third kappa shape index (κ3) is 4.13. The van der Waals surface area contributed by atoms with Gasteiger partial charge in [-0.25, -0.2) is 0 Å². The van der Waals surface area contributed by atoms with Crippen LogP contribution >= 0.6 is 0 Å². The van der Waals surface area contributed by atoms with Crippen molar-refractivity contribution in [3.8, 4) is 0 Å². The van der Waals surface area contributed by atoms with Crippen molar-refractivity contribution in [2.75, 3.05) is 13.7 Å². The van der Waals surface area contributed by atoms with E-state index in [-0.39, 0.29) is 6.42 Å². The van der Waals surface area contributed by atoms with Gasteiger partial charge in [0.15, 0.2) is 0 Å². The van der Waals surface area contributed by atoms with Crippen molar-refractivity contribution in [3.63, 3.8) is 0 Å². The van der Waals surface area contributed by atoms with Crippen LogP contribution in [0.3, 0.4) is 0 Å². The Balaban J connectivity index is 2.46. The van der Waals surface area contributed by atoms with Crippen molar-refractivity contribution in [2.24, 2.45) is 0 Å². The molecule has 0 saturated heterocycles. The summed E-state index contributed by atoms with van der Waals surface area (Å²) in [6.45, 7) is -0.409. The Morgan fingerprint density at radius 3 is 2.72 bits per heavy atom. The molecule has 0 aromatic heterocycles. The second kappa shape index (κ2) is 5.88. The number of halogens is 3. The topological polar surface area (TPSA) is 58.6 Å². The summed E-state index contributed by atoms with van der Waals surface area (Å²) in [5.74, 6) is -0.978. The first-order valence-electron chi connectivity index (χ1n) is 5.90. The first-order valence-corrected chi connectivity index (χ1v) is 5.90. The van der Waals surface area contributed by atoms with Crippen LogP contribution in [0.1, 0.15) is 32.1 Å². The molecule has 1 rings (SSSR count). The van der Waals surface area contributed by atoms with Gasteiger partial charge in [-0.2, -0.15) is 13.2 Å². The maximum atomic E-state index is 12.0. The largest absolute Gasteiger partial charge is 0.480 e. The Labute approximate surface area is 103 Å². The van der Waals surface area contributed by atoms with E-state index in [1.54, 1.807) is 7.05 Å². The fourth-order valence-corrected chi connectivity index (χ4v) is 2.24. The van der Waals surface area contributed by atoms with E-state index in [9.17, 15) is 18.0 Å². The van der Waals surface area contributed by atoms with E-state index in [1.807, 2.05) is 0 Å². The molecule has 0 amide bonds.